The molecule has 3 rings (SSSR count). The second kappa shape index (κ2) is 5.40. The maximum absolute atomic E-state index is 14.1. The summed E-state index contributed by atoms with van der Waals surface area (Å²) in [6, 6.07) is 2.51. The summed E-state index contributed by atoms with van der Waals surface area (Å²) in [5.74, 6) is -1.32. The molecule has 0 fully saturated rings. The van der Waals surface area contributed by atoms with Gasteiger partial charge in [0.25, 0.3) is 0 Å². The molecule has 2 heterocycles. The van der Waals surface area contributed by atoms with E-state index in [1.165, 1.54) is 6.07 Å². The Morgan fingerprint density at radius 2 is 2.10 bits per heavy atom. The number of fused-ring (bicyclic) bond motifs is 1. The SMILES string of the molecule is CC(Cl)c1nc2ccc(F)c(F)c2n1CCn1ccnn1. The fourth-order valence-electron chi connectivity index (χ4n) is 2.26. The van der Waals surface area contributed by atoms with Crippen LogP contribution in [0.5, 0.6) is 0 Å². The number of alkyl halides is 1. The van der Waals surface area contributed by atoms with Crippen molar-refractivity contribution >= 4 is 22.6 Å². The number of nitrogens with zero attached hydrogens (tertiary/aromatic N) is 5. The highest BCUT2D eigenvalue weighted by molar-refractivity contribution is 6.20. The second-order valence-electron chi connectivity index (χ2n) is 4.63. The molecule has 1 unspecified atom stereocenters. The van der Waals surface area contributed by atoms with Crippen LogP contribution >= 0.6 is 11.6 Å². The van der Waals surface area contributed by atoms with Gasteiger partial charge in [-0.25, -0.2) is 13.8 Å². The number of hydrogen-bond donors (Lipinski definition) is 0. The third-order valence-corrected chi connectivity index (χ3v) is 3.40. The molecule has 8 heteroatoms. The first kappa shape index (κ1) is 13.9. The lowest BCUT2D eigenvalue weighted by Gasteiger charge is -2.10. The van der Waals surface area contributed by atoms with Crippen molar-refractivity contribution < 1.29 is 8.78 Å². The van der Waals surface area contributed by atoms with E-state index in [9.17, 15) is 8.78 Å². The minimum atomic E-state index is -0.915. The molecular weight excluding hydrogens is 300 g/mol. The molecule has 0 aliphatic carbocycles. The molecule has 2 aromatic heterocycles. The van der Waals surface area contributed by atoms with Gasteiger partial charge in [-0.3, -0.25) is 4.68 Å². The molecule has 0 amide bonds. The van der Waals surface area contributed by atoms with Crippen LogP contribution in [0, 0.1) is 11.6 Å². The van der Waals surface area contributed by atoms with E-state index in [4.69, 9.17) is 11.6 Å². The normalized spacial score (nSPS) is 13.0. The molecule has 0 saturated heterocycles. The van der Waals surface area contributed by atoms with Gasteiger partial charge in [-0.1, -0.05) is 5.21 Å². The molecule has 0 radical (unpaired) electrons. The minimum absolute atomic E-state index is 0.123. The summed E-state index contributed by atoms with van der Waals surface area (Å²) in [7, 11) is 0. The number of benzene rings is 1. The lowest BCUT2D eigenvalue weighted by atomic mass is 10.3. The second-order valence-corrected chi connectivity index (χ2v) is 5.29. The fraction of sp³-hybridized carbons (Fsp3) is 0.308. The average Bonchev–Trinajstić information content (AvgIpc) is 3.08. The fourth-order valence-corrected chi connectivity index (χ4v) is 2.43. The Hall–Kier alpha value is -2.02. The Morgan fingerprint density at radius 3 is 2.76 bits per heavy atom. The molecule has 21 heavy (non-hydrogen) atoms. The Bertz CT molecular complexity index is 767. The maximum Gasteiger partial charge on any atom is 0.184 e. The van der Waals surface area contributed by atoms with Gasteiger partial charge in [-0.15, -0.1) is 16.7 Å². The minimum Gasteiger partial charge on any atom is -0.322 e. The third-order valence-electron chi connectivity index (χ3n) is 3.21. The summed E-state index contributed by atoms with van der Waals surface area (Å²) >= 11 is 6.10. The molecule has 0 saturated carbocycles. The topological polar surface area (TPSA) is 48.5 Å². The van der Waals surface area contributed by atoms with Gasteiger partial charge in [-0.05, 0) is 19.1 Å². The van der Waals surface area contributed by atoms with Crippen LogP contribution in [0.15, 0.2) is 24.5 Å². The van der Waals surface area contributed by atoms with Crippen LogP contribution in [0.4, 0.5) is 8.78 Å². The van der Waals surface area contributed by atoms with E-state index in [0.29, 0.717) is 24.4 Å². The first-order valence-corrected chi connectivity index (χ1v) is 6.84. The van der Waals surface area contributed by atoms with Crippen LogP contribution in [0.25, 0.3) is 11.0 Å². The molecular formula is C13H12ClF2N5. The predicted molar refractivity (Wildman–Crippen MR) is 73.9 cm³/mol. The van der Waals surface area contributed by atoms with E-state index in [0.717, 1.165) is 6.07 Å². The summed E-state index contributed by atoms with van der Waals surface area (Å²) in [5.41, 5.74) is 0.507. The van der Waals surface area contributed by atoms with E-state index >= 15 is 0 Å². The van der Waals surface area contributed by atoms with Gasteiger partial charge in [0, 0.05) is 12.7 Å². The summed E-state index contributed by atoms with van der Waals surface area (Å²) in [5, 5.41) is 7.12. The number of hydrogen-bond acceptors (Lipinski definition) is 3. The van der Waals surface area contributed by atoms with Crippen molar-refractivity contribution in [2.75, 3.05) is 0 Å². The zero-order valence-electron chi connectivity index (χ0n) is 11.2. The van der Waals surface area contributed by atoms with E-state index in [1.54, 1.807) is 28.6 Å². The molecule has 5 nitrogen and oxygen atoms in total. The molecule has 0 aliphatic heterocycles. The van der Waals surface area contributed by atoms with Crippen molar-refractivity contribution in [3.63, 3.8) is 0 Å². The van der Waals surface area contributed by atoms with Gasteiger partial charge >= 0.3 is 0 Å². The molecule has 0 spiro atoms. The van der Waals surface area contributed by atoms with Gasteiger partial charge < -0.3 is 4.57 Å². The first-order valence-electron chi connectivity index (χ1n) is 6.40. The highest BCUT2D eigenvalue weighted by Crippen LogP contribution is 2.27. The Balaban J connectivity index is 2.08. The molecule has 0 bridgehead atoms. The van der Waals surface area contributed by atoms with E-state index in [-0.39, 0.29) is 5.52 Å². The van der Waals surface area contributed by atoms with Gasteiger partial charge in [0.2, 0.25) is 0 Å². The number of imidazole rings is 1. The van der Waals surface area contributed by atoms with Crippen molar-refractivity contribution in [3.8, 4) is 0 Å². The summed E-state index contributed by atoms with van der Waals surface area (Å²) in [6.07, 6.45) is 3.25. The smallest absolute Gasteiger partial charge is 0.184 e. The van der Waals surface area contributed by atoms with Crippen LogP contribution < -0.4 is 0 Å². The van der Waals surface area contributed by atoms with Gasteiger partial charge in [0.15, 0.2) is 11.6 Å². The largest absolute Gasteiger partial charge is 0.322 e. The molecule has 1 aromatic carbocycles. The zero-order valence-corrected chi connectivity index (χ0v) is 11.9. The van der Waals surface area contributed by atoms with Crippen molar-refractivity contribution in [2.45, 2.75) is 25.4 Å². The number of aryl methyl sites for hydroxylation is 2. The average molecular weight is 312 g/mol. The van der Waals surface area contributed by atoms with E-state index in [1.807, 2.05) is 0 Å². The number of halogens is 3. The van der Waals surface area contributed by atoms with Crippen LogP contribution in [-0.4, -0.2) is 24.5 Å². The summed E-state index contributed by atoms with van der Waals surface area (Å²) < 4.78 is 30.8. The maximum atomic E-state index is 14.1. The van der Waals surface area contributed by atoms with Gasteiger partial charge in [0.1, 0.15) is 11.3 Å². The quantitative estimate of drug-likeness (QED) is 0.696. The lowest BCUT2D eigenvalue weighted by molar-refractivity contribution is 0.492. The van der Waals surface area contributed by atoms with Crippen LogP contribution in [0.1, 0.15) is 18.1 Å². The monoisotopic (exact) mass is 311 g/mol. The Kier molecular flexibility index (Phi) is 3.59. The van der Waals surface area contributed by atoms with Crippen molar-refractivity contribution in [1.82, 2.24) is 24.5 Å². The van der Waals surface area contributed by atoms with E-state index < -0.39 is 17.0 Å². The molecule has 1 atom stereocenters. The van der Waals surface area contributed by atoms with Crippen molar-refractivity contribution in [2.24, 2.45) is 0 Å². The van der Waals surface area contributed by atoms with Crippen LogP contribution in [-0.2, 0) is 13.1 Å². The lowest BCUT2D eigenvalue weighted by Crippen LogP contribution is -2.12. The Labute approximate surface area is 124 Å². The highest BCUT2D eigenvalue weighted by Gasteiger charge is 2.19. The van der Waals surface area contributed by atoms with Gasteiger partial charge in [0.05, 0.1) is 23.6 Å². The van der Waals surface area contributed by atoms with Gasteiger partial charge in [-0.2, -0.15) is 0 Å². The molecule has 110 valence electrons. The zero-order chi connectivity index (χ0) is 15.0. The number of aromatic nitrogens is 5. The molecule has 0 N–H and O–H groups in total. The predicted octanol–water partition coefficient (Wildman–Crippen LogP) is 2.91. The van der Waals surface area contributed by atoms with Crippen molar-refractivity contribution in [1.29, 1.82) is 0 Å². The van der Waals surface area contributed by atoms with Crippen LogP contribution in [0.3, 0.4) is 0 Å². The number of rotatable bonds is 4. The highest BCUT2D eigenvalue weighted by atomic mass is 35.5. The molecule has 3 aromatic rings. The van der Waals surface area contributed by atoms with Crippen LogP contribution in [0.2, 0.25) is 0 Å². The standard InChI is InChI=1S/C13H12ClF2N5/c1-8(14)13-18-10-3-2-9(15)11(16)12(10)21(13)7-6-20-5-4-17-19-20/h2-5,8H,6-7H2,1H3. The Morgan fingerprint density at radius 1 is 1.29 bits per heavy atom. The summed E-state index contributed by atoms with van der Waals surface area (Å²) in [4.78, 5) is 4.29. The van der Waals surface area contributed by atoms with Crippen molar-refractivity contribution in [3.05, 3.63) is 42.0 Å². The third kappa shape index (κ3) is 2.49. The summed E-state index contributed by atoms with van der Waals surface area (Å²) in [6.45, 7) is 2.56. The molecule has 0 aliphatic rings. The first-order chi connectivity index (χ1) is 10.1. The van der Waals surface area contributed by atoms with E-state index in [2.05, 4.69) is 15.3 Å².